The van der Waals surface area contributed by atoms with Gasteiger partial charge in [0.05, 0.1) is 6.61 Å². The molecule has 0 bridgehead atoms. The van der Waals surface area contributed by atoms with Crippen LogP contribution in [0.5, 0.6) is 5.75 Å². The molecular formula is C17H19NO5S. The van der Waals surface area contributed by atoms with Crippen LogP contribution in [0.3, 0.4) is 0 Å². The molecule has 24 heavy (non-hydrogen) atoms. The summed E-state index contributed by atoms with van der Waals surface area (Å²) in [7, 11) is 1.38. The normalized spacial score (nSPS) is 13.1. The number of carboxylic acid groups (broad SMARTS) is 1. The van der Waals surface area contributed by atoms with E-state index in [1.807, 2.05) is 17.5 Å². The summed E-state index contributed by atoms with van der Waals surface area (Å²) in [5.41, 5.74) is -1.18. The number of rotatable bonds is 8. The molecule has 0 radical (unpaired) electrons. The number of ether oxygens (including phenoxy) is 2. The Hall–Kier alpha value is -2.38. The van der Waals surface area contributed by atoms with Gasteiger partial charge in [0.2, 0.25) is 0 Å². The smallest absolute Gasteiger partial charge is 0.331 e. The highest BCUT2D eigenvalue weighted by molar-refractivity contribution is 7.09. The molecule has 0 fully saturated rings. The van der Waals surface area contributed by atoms with Gasteiger partial charge in [0, 0.05) is 17.6 Å². The molecule has 0 saturated carbocycles. The van der Waals surface area contributed by atoms with Crippen LogP contribution in [0.1, 0.15) is 22.2 Å². The van der Waals surface area contributed by atoms with Crippen LogP contribution < -0.4 is 10.1 Å². The van der Waals surface area contributed by atoms with Gasteiger partial charge < -0.3 is 19.9 Å². The summed E-state index contributed by atoms with van der Waals surface area (Å²) in [5.74, 6) is -1.12. The molecule has 0 spiro atoms. The van der Waals surface area contributed by atoms with Gasteiger partial charge in [-0.1, -0.05) is 12.1 Å². The summed E-state index contributed by atoms with van der Waals surface area (Å²) >= 11 is 1.59. The van der Waals surface area contributed by atoms with Gasteiger partial charge in [0.15, 0.2) is 5.54 Å². The zero-order valence-corrected chi connectivity index (χ0v) is 14.3. The summed E-state index contributed by atoms with van der Waals surface area (Å²) in [6.07, 6.45) is 0. The Balaban J connectivity index is 2.06. The van der Waals surface area contributed by atoms with Gasteiger partial charge in [-0.15, -0.1) is 11.3 Å². The molecule has 0 aliphatic heterocycles. The Morgan fingerprint density at radius 2 is 2.08 bits per heavy atom. The molecule has 0 aliphatic carbocycles. The lowest BCUT2D eigenvalue weighted by atomic mass is 10.0. The zero-order chi connectivity index (χ0) is 17.6. The molecule has 2 N–H and O–H groups in total. The van der Waals surface area contributed by atoms with E-state index in [2.05, 4.69) is 5.32 Å². The number of hydrogen-bond donors (Lipinski definition) is 2. The van der Waals surface area contributed by atoms with E-state index in [4.69, 9.17) is 9.47 Å². The second kappa shape index (κ2) is 7.94. The molecule has 1 aromatic heterocycles. The lowest BCUT2D eigenvalue weighted by Gasteiger charge is -2.25. The van der Waals surface area contributed by atoms with Crippen molar-refractivity contribution >= 4 is 23.2 Å². The Labute approximate surface area is 144 Å². The van der Waals surface area contributed by atoms with Gasteiger partial charge in [-0.05, 0) is 36.6 Å². The van der Waals surface area contributed by atoms with E-state index >= 15 is 0 Å². The molecule has 1 heterocycles. The van der Waals surface area contributed by atoms with Crippen LogP contribution in [0.4, 0.5) is 0 Å². The number of aliphatic carboxylic acids is 1. The van der Waals surface area contributed by atoms with Gasteiger partial charge in [0.1, 0.15) is 12.4 Å². The van der Waals surface area contributed by atoms with Gasteiger partial charge in [-0.25, -0.2) is 4.79 Å². The maximum Gasteiger partial charge on any atom is 0.331 e. The third-order valence-electron chi connectivity index (χ3n) is 3.35. The minimum absolute atomic E-state index is 0.136. The molecule has 0 saturated heterocycles. The maximum atomic E-state index is 12.3. The van der Waals surface area contributed by atoms with Crippen molar-refractivity contribution < 1.29 is 24.2 Å². The topological polar surface area (TPSA) is 84.9 Å². The second-order valence-electron chi connectivity index (χ2n) is 5.42. The van der Waals surface area contributed by atoms with Crippen molar-refractivity contribution in [1.29, 1.82) is 0 Å². The standard InChI is InChI=1S/C17H19NO5S/c1-17(11-22-2,16(20)21)18-15(19)12-5-3-6-13(9-12)23-10-14-7-4-8-24-14/h3-9H,10-11H2,1-2H3,(H,18,19)(H,20,21). The van der Waals surface area contributed by atoms with E-state index in [0.29, 0.717) is 17.9 Å². The number of hydrogen-bond acceptors (Lipinski definition) is 5. The fraction of sp³-hybridized carbons (Fsp3) is 0.294. The minimum Gasteiger partial charge on any atom is -0.488 e. The molecule has 1 unspecified atom stereocenters. The third-order valence-corrected chi connectivity index (χ3v) is 4.20. The molecule has 1 amide bonds. The van der Waals surface area contributed by atoms with Crippen molar-refractivity contribution in [2.75, 3.05) is 13.7 Å². The Bertz CT molecular complexity index is 701. The molecule has 7 heteroatoms. The molecule has 2 rings (SSSR count). The lowest BCUT2D eigenvalue weighted by molar-refractivity contribution is -0.145. The monoisotopic (exact) mass is 349 g/mol. The van der Waals surface area contributed by atoms with Crippen LogP contribution in [-0.4, -0.2) is 36.2 Å². The van der Waals surface area contributed by atoms with Crippen LogP contribution in [0.25, 0.3) is 0 Å². The Kier molecular flexibility index (Phi) is 5.94. The van der Waals surface area contributed by atoms with Crippen LogP contribution in [0, 0.1) is 0 Å². The number of methoxy groups -OCH3 is 1. The Morgan fingerprint density at radius 3 is 2.71 bits per heavy atom. The first-order valence-corrected chi connectivity index (χ1v) is 8.12. The largest absolute Gasteiger partial charge is 0.488 e. The number of thiophene rings is 1. The average Bonchev–Trinajstić information content (AvgIpc) is 3.06. The number of carbonyl (C=O) groups excluding carboxylic acids is 1. The molecular weight excluding hydrogens is 330 g/mol. The quantitative estimate of drug-likeness (QED) is 0.765. The van der Waals surface area contributed by atoms with Gasteiger partial charge in [-0.3, -0.25) is 4.79 Å². The van der Waals surface area contributed by atoms with Crippen LogP contribution in [-0.2, 0) is 16.1 Å². The third kappa shape index (κ3) is 4.56. The van der Waals surface area contributed by atoms with E-state index in [9.17, 15) is 14.7 Å². The van der Waals surface area contributed by atoms with E-state index in [0.717, 1.165) is 4.88 Å². The fourth-order valence-corrected chi connectivity index (χ4v) is 2.66. The van der Waals surface area contributed by atoms with E-state index in [-0.39, 0.29) is 6.61 Å². The van der Waals surface area contributed by atoms with Gasteiger partial charge >= 0.3 is 5.97 Å². The number of carbonyl (C=O) groups is 2. The van der Waals surface area contributed by atoms with Gasteiger partial charge in [0.25, 0.3) is 5.91 Å². The van der Waals surface area contributed by atoms with Crippen molar-refractivity contribution in [1.82, 2.24) is 5.32 Å². The highest BCUT2D eigenvalue weighted by atomic mass is 32.1. The van der Waals surface area contributed by atoms with Crippen molar-refractivity contribution in [2.24, 2.45) is 0 Å². The SMILES string of the molecule is COCC(C)(NC(=O)c1cccc(OCc2cccs2)c1)C(=O)O. The van der Waals surface area contributed by atoms with Crippen molar-refractivity contribution in [2.45, 2.75) is 19.1 Å². The number of nitrogens with one attached hydrogen (secondary N) is 1. The number of carboxylic acids is 1. The minimum atomic E-state index is -1.50. The van der Waals surface area contributed by atoms with E-state index in [1.165, 1.54) is 14.0 Å². The number of amides is 1. The maximum absolute atomic E-state index is 12.3. The van der Waals surface area contributed by atoms with E-state index in [1.54, 1.807) is 35.6 Å². The van der Waals surface area contributed by atoms with Crippen LogP contribution >= 0.6 is 11.3 Å². The van der Waals surface area contributed by atoms with E-state index < -0.39 is 17.4 Å². The van der Waals surface area contributed by atoms with Crippen LogP contribution in [0.15, 0.2) is 41.8 Å². The molecule has 2 aromatic rings. The Morgan fingerprint density at radius 1 is 1.29 bits per heavy atom. The summed E-state index contributed by atoms with van der Waals surface area (Å²) < 4.78 is 10.5. The van der Waals surface area contributed by atoms with Gasteiger partial charge in [-0.2, -0.15) is 0 Å². The highest BCUT2D eigenvalue weighted by Gasteiger charge is 2.35. The van der Waals surface area contributed by atoms with Crippen LogP contribution in [0.2, 0.25) is 0 Å². The molecule has 6 nitrogen and oxygen atoms in total. The first kappa shape index (κ1) is 18.0. The summed E-state index contributed by atoms with van der Waals surface area (Å²) in [5, 5.41) is 13.7. The molecule has 1 aromatic carbocycles. The van der Waals surface area contributed by atoms with Crippen molar-refractivity contribution in [3.05, 3.63) is 52.2 Å². The summed E-state index contributed by atoms with van der Waals surface area (Å²) in [4.78, 5) is 24.8. The predicted octanol–water partition coefficient (Wildman–Crippen LogP) is 2.55. The number of benzene rings is 1. The zero-order valence-electron chi connectivity index (χ0n) is 13.4. The summed E-state index contributed by atoms with van der Waals surface area (Å²) in [6, 6.07) is 10.5. The first-order valence-electron chi connectivity index (χ1n) is 7.25. The average molecular weight is 349 g/mol. The summed E-state index contributed by atoms with van der Waals surface area (Å²) in [6.45, 7) is 1.68. The molecule has 0 aliphatic rings. The second-order valence-corrected chi connectivity index (χ2v) is 6.45. The highest BCUT2D eigenvalue weighted by Crippen LogP contribution is 2.18. The predicted molar refractivity (Wildman–Crippen MR) is 90.5 cm³/mol. The molecule has 128 valence electrons. The van der Waals surface area contributed by atoms with Crippen molar-refractivity contribution in [3.8, 4) is 5.75 Å². The van der Waals surface area contributed by atoms with Crippen molar-refractivity contribution in [3.63, 3.8) is 0 Å². The first-order chi connectivity index (χ1) is 11.4. The lowest BCUT2D eigenvalue weighted by Crippen LogP contribution is -2.55. The fourth-order valence-electron chi connectivity index (χ4n) is 2.04. The molecule has 1 atom stereocenters.